The molecule has 0 atom stereocenters. The van der Waals surface area contributed by atoms with E-state index < -0.39 is 0 Å². The van der Waals surface area contributed by atoms with Crippen molar-refractivity contribution >= 4 is 51.9 Å². The van der Waals surface area contributed by atoms with Crippen molar-refractivity contribution in [2.24, 2.45) is 0 Å². The summed E-state index contributed by atoms with van der Waals surface area (Å²) in [6.45, 7) is 2.13. The van der Waals surface area contributed by atoms with Gasteiger partial charge in [0.25, 0.3) is 0 Å². The van der Waals surface area contributed by atoms with Gasteiger partial charge >= 0.3 is 0 Å². The van der Waals surface area contributed by atoms with Gasteiger partial charge in [-0.25, -0.2) is 0 Å². The van der Waals surface area contributed by atoms with Gasteiger partial charge < -0.3 is 20.1 Å². The summed E-state index contributed by atoms with van der Waals surface area (Å²) in [4.78, 5) is 7.72. The topological polar surface area (TPSA) is 34.3 Å². The van der Waals surface area contributed by atoms with E-state index in [0.29, 0.717) is 0 Å². The fraction of sp³-hybridized carbons (Fsp3) is 0.353. The number of aromatic nitrogens is 1. The van der Waals surface area contributed by atoms with Crippen LogP contribution in [-0.2, 0) is 0 Å². The van der Waals surface area contributed by atoms with E-state index in [-0.39, 0.29) is 12.4 Å². The maximum atomic E-state index is 5.32. The molecule has 0 saturated carbocycles. The molecule has 0 unspecified atom stereocenters. The standard InChI is InChI=1S/C17H22N4S.ClH/c1-18-17(22)21(3)13-4-5-16-14(10-13)15(11-19-16)12-6-8-20(2)9-7-12;/h4-6,10-11,19H,7-9H2,1-3H3,(H,18,22);1H. The number of benzene rings is 1. The highest BCUT2D eigenvalue weighted by atomic mass is 35.5. The van der Waals surface area contributed by atoms with E-state index in [1.807, 2.05) is 19.0 Å². The number of anilines is 1. The van der Waals surface area contributed by atoms with Gasteiger partial charge in [0.15, 0.2) is 5.11 Å². The first kappa shape index (κ1) is 17.8. The summed E-state index contributed by atoms with van der Waals surface area (Å²) in [5, 5.41) is 5.00. The molecule has 4 nitrogen and oxygen atoms in total. The van der Waals surface area contributed by atoms with Crippen molar-refractivity contribution in [3.63, 3.8) is 0 Å². The van der Waals surface area contributed by atoms with Crippen molar-refractivity contribution in [2.45, 2.75) is 6.42 Å². The zero-order chi connectivity index (χ0) is 15.7. The number of nitrogens with zero attached hydrogens (tertiary/aromatic N) is 2. The van der Waals surface area contributed by atoms with Crippen LogP contribution in [0.25, 0.3) is 16.5 Å². The molecule has 0 amide bonds. The summed E-state index contributed by atoms with van der Waals surface area (Å²) < 4.78 is 0. The maximum Gasteiger partial charge on any atom is 0.172 e. The van der Waals surface area contributed by atoms with Gasteiger partial charge in [0, 0.05) is 55.5 Å². The van der Waals surface area contributed by atoms with Crippen LogP contribution in [0.2, 0.25) is 0 Å². The van der Waals surface area contributed by atoms with Crippen LogP contribution in [0.4, 0.5) is 5.69 Å². The van der Waals surface area contributed by atoms with E-state index >= 15 is 0 Å². The number of hydrogen-bond acceptors (Lipinski definition) is 2. The number of nitrogens with one attached hydrogen (secondary N) is 2. The Morgan fingerprint density at radius 1 is 1.39 bits per heavy atom. The zero-order valence-corrected chi connectivity index (χ0v) is 15.4. The van der Waals surface area contributed by atoms with Crippen molar-refractivity contribution < 1.29 is 0 Å². The van der Waals surface area contributed by atoms with Crippen molar-refractivity contribution in [2.75, 3.05) is 39.1 Å². The van der Waals surface area contributed by atoms with Crippen molar-refractivity contribution in [1.82, 2.24) is 15.2 Å². The van der Waals surface area contributed by atoms with Crippen LogP contribution < -0.4 is 10.2 Å². The lowest BCUT2D eigenvalue weighted by Crippen LogP contribution is -2.34. The first-order chi connectivity index (χ1) is 10.6. The first-order valence-electron chi connectivity index (χ1n) is 7.54. The molecule has 0 saturated heterocycles. The third-order valence-corrected chi connectivity index (χ3v) is 4.81. The number of aromatic amines is 1. The van der Waals surface area contributed by atoms with Crippen molar-refractivity contribution in [3.05, 3.63) is 36.0 Å². The number of fused-ring (bicyclic) bond motifs is 1. The van der Waals surface area contributed by atoms with E-state index in [1.54, 1.807) is 0 Å². The Hall–Kier alpha value is -1.56. The Balaban J connectivity index is 0.00000192. The van der Waals surface area contributed by atoms with Crippen molar-refractivity contribution in [3.8, 4) is 0 Å². The van der Waals surface area contributed by atoms with Gasteiger partial charge in [0.2, 0.25) is 0 Å². The van der Waals surface area contributed by atoms with E-state index in [9.17, 15) is 0 Å². The SMILES string of the molecule is CNC(=S)N(C)c1ccc2[nH]cc(C3=CCN(C)CC3)c2c1.Cl. The molecular formula is C17H23ClN4S. The molecule has 2 aromatic rings. The minimum Gasteiger partial charge on any atom is -0.365 e. The Morgan fingerprint density at radius 3 is 2.83 bits per heavy atom. The summed E-state index contributed by atoms with van der Waals surface area (Å²) >= 11 is 5.32. The number of hydrogen-bond donors (Lipinski definition) is 2. The predicted molar refractivity (Wildman–Crippen MR) is 106 cm³/mol. The van der Waals surface area contributed by atoms with Crippen LogP contribution in [-0.4, -0.2) is 49.2 Å². The van der Waals surface area contributed by atoms with Gasteiger partial charge in [-0.2, -0.15) is 0 Å². The summed E-state index contributed by atoms with van der Waals surface area (Å²) in [7, 11) is 6.00. The minimum atomic E-state index is 0. The third-order valence-electron chi connectivity index (χ3n) is 4.33. The number of rotatable bonds is 2. The lowest BCUT2D eigenvalue weighted by molar-refractivity contribution is 0.370. The highest BCUT2D eigenvalue weighted by molar-refractivity contribution is 7.80. The fourth-order valence-corrected chi connectivity index (χ4v) is 2.99. The number of thiocarbonyl (C=S) groups is 1. The average Bonchev–Trinajstić information content (AvgIpc) is 2.97. The Kier molecular flexibility index (Phi) is 5.68. The van der Waals surface area contributed by atoms with Crippen LogP contribution in [0.5, 0.6) is 0 Å². The number of likely N-dealkylation sites (N-methyl/N-ethyl adjacent to an activating group) is 1. The minimum absolute atomic E-state index is 0. The van der Waals surface area contributed by atoms with E-state index in [0.717, 1.165) is 30.3 Å². The average molecular weight is 351 g/mol. The summed E-state index contributed by atoms with van der Waals surface area (Å²) in [6.07, 6.45) is 5.56. The Labute approximate surface area is 148 Å². The predicted octanol–water partition coefficient (Wildman–Crippen LogP) is 3.25. The van der Waals surface area contributed by atoms with Gasteiger partial charge in [-0.15, -0.1) is 12.4 Å². The molecule has 1 aromatic carbocycles. The van der Waals surface area contributed by atoms with Gasteiger partial charge in [-0.3, -0.25) is 0 Å². The second kappa shape index (κ2) is 7.34. The molecular weight excluding hydrogens is 328 g/mol. The first-order valence-corrected chi connectivity index (χ1v) is 7.95. The molecule has 2 heterocycles. The molecule has 1 aliphatic rings. The third kappa shape index (κ3) is 3.52. The molecule has 0 spiro atoms. The molecule has 0 bridgehead atoms. The van der Waals surface area contributed by atoms with Gasteiger partial charge in [-0.05, 0) is 49.5 Å². The van der Waals surface area contributed by atoms with Crippen molar-refractivity contribution in [1.29, 1.82) is 0 Å². The normalized spacial score (nSPS) is 15.0. The molecule has 0 aliphatic carbocycles. The number of halogens is 1. The van der Waals surface area contributed by atoms with Crippen LogP contribution in [0, 0.1) is 0 Å². The molecule has 23 heavy (non-hydrogen) atoms. The second-order valence-corrected chi connectivity index (χ2v) is 6.17. The molecule has 0 fully saturated rings. The molecule has 0 radical (unpaired) electrons. The molecule has 124 valence electrons. The molecule has 1 aliphatic heterocycles. The van der Waals surface area contributed by atoms with Gasteiger partial charge in [0.05, 0.1) is 0 Å². The molecule has 1 aromatic heterocycles. The fourth-order valence-electron chi connectivity index (χ4n) is 2.88. The molecule has 3 rings (SSSR count). The summed E-state index contributed by atoms with van der Waals surface area (Å²) in [6, 6.07) is 6.43. The summed E-state index contributed by atoms with van der Waals surface area (Å²) in [5.41, 5.74) is 5.01. The van der Waals surface area contributed by atoms with Gasteiger partial charge in [0.1, 0.15) is 0 Å². The lowest BCUT2D eigenvalue weighted by Gasteiger charge is -2.22. The smallest absolute Gasteiger partial charge is 0.172 e. The van der Waals surface area contributed by atoms with E-state index in [4.69, 9.17) is 12.2 Å². The highest BCUT2D eigenvalue weighted by Gasteiger charge is 2.14. The quantitative estimate of drug-likeness (QED) is 0.815. The van der Waals surface area contributed by atoms with E-state index in [1.165, 1.54) is 22.0 Å². The maximum absolute atomic E-state index is 5.32. The molecule has 6 heteroatoms. The molecule has 2 N–H and O–H groups in total. The Bertz CT molecular complexity index is 737. The van der Waals surface area contributed by atoms with Crippen LogP contribution in [0.15, 0.2) is 30.5 Å². The Morgan fingerprint density at radius 2 is 2.17 bits per heavy atom. The summed E-state index contributed by atoms with van der Waals surface area (Å²) in [5.74, 6) is 0. The highest BCUT2D eigenvalue weighted by Crippen LogP contribution is 2.31. The van der Waals surface area contributed by atoms with Crippen LogP contribution >= 0.6 is 24.6 Å². The number of H-pyrrole nitrogens is 1. The lowest BCUT2D eigenvalue weighted by atomic mass is 9.99. The second-order valence-electron chi connectivity index (χ2n) is 5.79. The van der Waals surface area contributed by atoms with Gasteiger partial charge in [-0.1, -0.05) is 6.08 Å². The zero-order valence-electron chi connectivity index (χ0n) is 13.7. The van der Waals surface area contributed by atoms with E-state index in [2.05, 4.69) is 52.7 Å². The van der Waals surface area contributed by atoms with Crippen LogP contribution in [0.1, 0.15) is 12.0 Å². The monoisotopic (exact) mass is 350 g/mol. The van der Waals surface area contributed by atoms with Crippen LogP contribution in [0.3, 0.4) is 0 Å². The largest absolute Gasteiger partial charge is 0.365 e.